The van der Waals surface area contributed by atoms with E-state index in [0.717, 1.165) is 16.8 Å². The summed E-state index contributed by atoms with van der Waals surface area (Å²) >= 11 is 0. The molecule has 8 nitrogen and oxygen atoms in total. The van der Waals surface area contributed by atoms with Crippen molar-refractivity contribution < 1.29 is 31.2 Å². The van der Waals surface area contributed by atoms with Crippen LogP contribution in [0.15, 0.2) is 59.5 Å². The van der Waals surface area contributed by atoms with Crippen LogP contribution in [-0.4, -0.2) is 36.4 Å². The molecule has 35 heavy (non-hydrogen) atoms. The van der Waals surface area contributed by atoms with E-state index in [4.69, 9.17) is 5.14 Å². The van der Waals surface area contributed by atoms with Crippen molar-refractivity contribution in [2.45, 2.75) is 37.3 Å². The summed E-state index contributed by atoms with van der Waals surface area (Å²) in [5, 5.41) is 11.4. The summed E-state index contributed by atoms with van der Waals surface area (Å²) in [5.41, 5.74) is -1.82. The molecule has 0 atom stereocenters. The molecule has 186 valence electrons. The number of hydrogen-bond donors (Lipinski definition) is 2. The topological polar surface area (TPSA) is 124 Å². The molecule has 1 heterocycles. The van der Waals surface area contributed by atoms with Gasteiger partial charge in [-0.1, -0.05) is 37.3 Å². The molecule has 0 aliphatic carbocycles. The molecule has 0 radical (unpaired) electrons. The second kappa shape index (κ2) is 10.4. The number of rotatable bonds is 9. The highest BCUT2D eigenvalue weighted by atomic mass is 32.2. The molecule has 2 aromatic carbocycles. The Kier molecular flexibility index (Phi) is 7.76. The van der Waals surface area contributed by atoms with Crippen LogP contribution in [0.5, 0.6) is 0 Å². The first-order chi connectivity index (χ1) is 16.4. The van der Waals surface area contributed by atoms with Gasteiger partial charge in [-0.25, -0.2) is 18.2 Å². The first-order valence-electron chi connectivity index (χ1n) is 10.6. The number of sulfonamides is 1. The lowest BCUT2D eigenvalue weighted by molar-refractivity contribution is -0.141. The summed E-state index contributed by atoms with van der Waals surface area (Å²) in [6.45, 7) is 2.24. The van der Waals surface area contributed by atoms with E-state index < -0.39 is 45.6 Å². The average molecular weight is 509 g/mol. The van der Waals surface area contributed by atoms with Gasteiger partial charge in [-0.2, -0.15) is 18.3 Å². The van der Waals surface area contributed by atoms with Crippen LogP contribution in [-0.2, 0) is 21.0 Å². The van der Waals surface area contributed by atoms with Crippen molar-refractivity contribution in [1.29, 1.82) is 0 Å². The number of carbonyl (C=O) groups is 2. The normalized spacial score (nSPS) is 11.9. The van der Waals surface area contributed by atoms with Crippen molar-refractivity contribution in [2.75, 3.05) is 6.54 Å². The van der Waals surface area contributed by atoms with Gasteiger partial charge >= 0.3 is 6.18 Å². The molecule has 0 bridgehead atoms. The lowest BCUT2D eigenvalue weighted by atomic mass is 9.98. The Balaban J connectivity index is 2.17. The fourth-order valence-corrected chi connectivity index (χ4v) is 3.93. The maximum Gasteiger partial charge on any atom is 0.435 e. The van der Waals surface area contributed by atoms with E-state index in [1.165, 1.54) is 24.3 Å². The number of benzene rings is 2. The summed E-state index contributed by atoms with van der Waals surface area (Å²) in [5.74, 6) is -1.34. The van der Waals surface area contributed by atoms with Gasteiger partial charge in [0.2, 0.25) is 15.9 Å². The van der Waals surface area contributed by atoms with E-state index in [-0.39, 0.29) is 28.3 Å². The van der Waals surface area contributed by atoms with Gasteiger partial charge in [-0.15, -0.1) is 0 Å². The lowest BCUT2D eigenvalue weighted by Crippen LogP contribution is -2.24. The molecule has 0 aliphatic rings. The third-order valence-corrected chi connectivity index (χ3v) is 5.97. The molecule has 1 aromatic heterocycles. The number of hydrogen-bond acceptors (Lipinski definition) is 5. The Morgan fingerprint density at radius 3 is 2.20 bits per heavy atom. The summed E-state index contributed by atoms with van der Waals surface area (Å²) in [6.07, 6.45) is -5.02. The van der Waals surface area contributed by atoms with E-state index in [1.54, 1.807) is 18.2 Å². The van der Waals surface area contributed by atoms with Crippen LogP contribution in [0.25, 0.3) is 16.9 Å². The molecule has 12 heteroatoms. The summed E-state index contributed by atoms with van der Waals surface area (Å²) in [7, 11) is -4.03. The number of carbonyl (C=O) groups excluding carboxylic acids is 2. The monoisotopic (exact) mass is 508 g/mol. The van der Waals surface area contributed by atoms with E-state index in [2.05, 4.69) is 10.4 Å². The molecule has 3 rings (SSSR count). The zero-order valence-electron chi connectivity index (χ0n) is 18.7. The Morgan fingerprint density at radius 2 is 1.66 bits per heavy atom. The maximum absolute atomic E-state index is 14.0. The number of aromatic nitrogens is 2. The molecular formula is C23H23F3N4O4S. The number of primary sulfonamides is 1. The van der Waals surface area contributed by atoms with E-state index in [9.17, 15) is 31.2 Å². The molecule has 0 aliphatic heterocycles. The molecule has 3 N–H and O–H groups in total. The number of amides is 1. The second-order valence-electron chi connectivity index (χ2n) is 7.66. The highest BCUT2D eigenvalue weighted by Crippen LogP contribution is 2.38. The van der Waals surface area contributed by atoms with Gasteiger partial charge in [-0.05, 0) is 30.7 Å². The number of ketones is 1. The zero-order valence-corrected chi connectivity index (χ0v) is 19.5. The van der Waals surface area contributed by atoms with Gasteiger partial charge in [0, 0.05) is 24.9 Å². The first kappa shape index (κ1) is 26.1. The van der Waals surface area contributed by atoms with Crippen molar-refractivity contribution in [1.82, 2.24) is 15.1 Å². The molecular weight excluding hydrogens is 485 g/mol. The van der Waals surface area contributed by atoms with Crippen molar-refractivity contribution >= 4 is 21.7 Å². The molecule has 3 aromatic rings. The van der Waals surface area contributed by atoms with E-state index >= 15 is 0 Å². The molecule has 0 unspecified atom stereocenters. The van der Waals surface area contributed by atoms with E-state index in [1.807, 2.05) is 6.92 Å². The molecule has 0 saturated carbocycles. The fraction of sp³-hybridized carbons (Fsp3) is 0.261. The van der Waals surface area contributed by atoms with Gasteiger partial charge in [0.05, 0.1) is 21.8 Å². The molecule has 1 amide bonds. The SMILES string of the molecule is CCCNC(=O)CCC(=O)c1c(C(F)(F)F)nn(-c2ccc(S(N)(=O)=O)cc2)c1-c1ccccc1. The van der Waals surface area contributed by atoms with E-state index in [0.29, 0.717) is 13.0 Å². The minimum absolute atomic E-state index is 0.0847. The minimum Gasteiger partial charge on any atom is -0.356 e. The Bertz CT molecular complexity index is 1320. The average Bonchev–Trinajstić information content (AvgIpc) is 3.22. The second-order valence-corrected chi connectivity index (χ2v) is 9.22. The number of nitrogens with zero attached hydrogens (tertiary/aromatic N) is 2. The quantitative estimate of drug-likeness (QED) is 0.427. The van der Waals surface area contributed by atoms with Crippen molar-refractivity contribution in [3.63, 3.8) is 0 Å². The van der Waals surface area contributed by atoms with Gasteiger partial charge in [0.15, 0.2) is 11.5 Å². The lowest BCUT2D eigenvalue weighted by Gasteiger charge is -2.11. The summed E-state index contributed by atoms with van der Waals surface area (Å²) in [6, 6.07) is 12.6. The van der Waals surface area contributed by atoms with Crippen LogP contribution in [0.4, 0.5) is 13.2 Å². The van der Waals surface area contributed by atoms with Crippen LogP contribution in [0.2, 0.25) is 0 Å². The van der Waals surface area contributed by atoms with Crippen LogP contribution in [0.3, 0.4) is 0 Å². The standard InChI is InChI=1S/C23H23F3N4O4S/c1-2-14-28-19(32)13-12-18(31)20-21(15-6-4-3-5-7-15)30(29-22(20)23(24,25)26)16-8-10-17(11-9-16)35(27,33)34/h3-11H,2,12-14H2,1H3,(H,28,32)(H2,27,33,34). The Hall–Kier alpha value is -3.51. The predicted octanol–water partition coefficient (Wildman–Crippen LogP) is 3.69. The van der Waals surface area contributed by atoms with Crippen LogP contribution in [0, 0.1) is 0 Å². The molecule has 0 fully saturated rings. The number of nitrogens with two attached hydrogens (primary N) is 1. The predicted molar refractivity (Wildman–Crippen MR) is 122 cm³/mol. The number of alkyl halides is 3. The summed E-state index contributed by atoms with van der Waals surface area (Å²) in [4.78, 5) is 24.8. The zero-order chi connectivity index (χ0) is 25.8. The van der Waals surface area contributed by atoms with Gasteiger partial charge in [0.1, 0.15) is 0 Å². The Morgan fingerprint density at radius 1 is 1.03 bits per heavy atom. The van der Waals surface area contributed by atoms with Gasteiger partial charge in [-0.3, -0.25) is 9.59 Å². The summed E-state index contributed by atoms with van der Waals surface area (Å²) < 4.78 is 66.1. The smallest absolute Gasteiger partial charge is 0.356 e. The largest absolute Gasteiger partial charge is 0.435 e. The first-order valence-corrected chi connectivity index (χ1v) is 12.2. The van der Waals surface area contributed by atoms with Crippen LogP contribution < -0.4 is 10.5 Å². The molecule has 0 spiro atoms. The van der Waals surface area contributed by atoms with Gasteiger partial charge in [0.25, 0.3) is 0 Å². The maximum atomic E-state index is 14.0. The van der Waals surface area contributed by atoms with Crippen molar-refractivity contribution in [3.05, 3.63) is 65.9 Å². The molecule has 0 saturated heterocycles. The highest BCUT2D eigenvalue weighted by Gasteiger charge is 2.42. The highest BCUT2D eigenvalue weighted by molar-refractivity contribution is 7.89. The third-order valence-electron chi connectivity index (χ3n) is 5.04. The fourth-order valence-electron chi connectivity index (χ4n) is 3.41. The Labute approximate surface area is 200 Å². The minimum atomic E-state index is -4.97. The van der Waals surface area contributed by atoms with Crippen LogP contribution in [0.1, 0.15) is 42.2 Å². The van der Waals surface area contributed by atoms with Crippen molar-refractivity contribution in [2.24, 2.45) is 5.14 Å². The van der Waals surface area contributed by atoms with Gasteiger partial charge < -0.3 is 5.32 Å². The number of Topliss-reactive ketones (excluding diaryl/α,β-unsaturated/α-hetero) is 1. The number of nitrogens with one attached hydrogen (secondary N) is 1. The third kappa shape index (κ3) is 6.14. The van der Waals surface area contributed by atoms with Crippen LogP contribution >= 0.6 is 0 Å². The van der Waals surface area contributed by atoms with Crippen molar-refractivity contribution in [3.8, 4) is 16.9 Å². The number of halogens is 3.